The molecule has 0 saturated carbocycles. The molecule has 0 bridgehead atoms. The van der Waals surface area contributed by atoms with Gasteiger partial charge in [-0.05, 0) is 49.4 Å². The van der Waals surface area contributed by atoms with E-state index in [-0.39, 0.29) is 0 Å². The van der Waals surface area contributed by atoms with Crippen LogP contribution in [-0.2, 0) is 0 Å². The predicted octanol–water partition coefficient (Wildman–Crippen LogP) is 6.63. The topological polar surface area (TPSA) is 57.0 Å². The monoisotopic (exact) mass is 492 g/mol. The zero-order chi connectivity index (χ0) is 22.2. The quantitative estimate of drug-likeness (QED) is 0.261. The van der Waals surface area contributed by atoms with Gasteiger partial charge in [0.25, 0.3) is 0 Å². The third-order valence-electron chi connectivity index (χ3n) is 5.69. The van der Waals surface area contributed by atoms with Crippen LogP contribution in [0.2, 0.25) is 0 Å². The van der Waals surface area contributed by atoms with Crippen molar-refractivity contribution in [2.45, 2.75) is 26.2 Å². The Balaban J connectivity index is 1.30. The smallest absolute Gasteiger partial charge is 0.159 e. The summed E-state index contributed by atoms with van der Waals surface area (Å²) >= 11 is 3.44. The third-order valence-corrected chi connectivity index (χ3v) is 6.22. The lowest BCUT2D eigenvalue weighted by atomic mass is 10.2. The zero-order valence-corrected chi connectivity index (χ0v) is 20.1. The molecule has 7 heteroatoms. The Kier molecular flexibility index (Phi) is 7.96. The van der Waals surface area contributed by atoms with E-state index in [1.54, 1.807) is 12.4 Å². The average Bonchev–Trinajstić information content (AvgIpc) is 2.85. The van der Waals surface area contributed by atoms with E-state index >= 15 is 0 Å². The van der Waals surface area contributed by atoms with Gasteiger partial charge in [-0.25, -0.2) is 9.97 Å². The molecule has 0 amide bonds. The zero-order valence-electron chi connectivity index (χ0n) is 18.5. The molecule has 1 saturated heterocycles. The molecular weight excluding hydrogens is 464 g/mol. The van der Waals surface area contributed by atoms with Gasteiger partial charge in [0.1, 0.15) is 5.69 Å². The van der Waals surface area contributed by atoms with Crippen LogP contribution in [0, 0.1) is 0 Å². The summed E-state index contributed by atoms with van der Waals surface area (Å²) in [6.07, 6.45) is 7.32. The van der Waals surface area contributed by atoms with Crippen LogP contribution in [0.25, 0.3) is 11.4 Å². The highest BCUT2D eigenvalue weighted by Gasteiger charge is 2.16. The summed E-state index contributed by atoms with van der Waals surface area (Å²) in [7, 11) is 0. The lowest BCUT2D eigenvalue weighted by Crippen LogP contribution is -2.46. The van der Waals surface area contributed by atoms with Crippen molar-refractivity contribution >= 4 is 33.0 Å². The molecule has 2 heterocycles. The first kappa shape index (κ1) is 22.6. The van der Waals surface area contributed by atoms with Crippen LogP contribution in [0.3, 0.4) is 0 Å². The van der Waals surface area contributed by atoms with Gasteiger partial charge >= 0.3 is 0 Å². The number of halogens is 1. The summed E-state index contributed by atoms with van der Waals surface area (Å²) in [6.45, 7) is 7.93. The van der Waals surface area contributed by atoms with Crippen LogP contribution in [0.4, 0.5) is 17.1 Å². The van der Waals surface area contributed by atoms with Gasteiger partial charge in [-0.1, -0.05) is 47.8 Å². The second kappa shape index (κ2) is 11.3. The van der Waals surface area contributed by atoms with Crippen molar-refractivity contribution in [3.63, 3.8) is 0 Å². The van der Waals surface area contributed by atoms with Gasteiger partial charge in [0.15, 0.2) is 5.82 Å². The minimum absolute atomic E-state index is 0.633. The molecule has 166 valence electrons. The van der Waals surface area contributed by atoms with E-state index in [1.807, 2.05) is 36.4 Å². The molecule has 2 aromatic carbocycles. The molecule has 0 N–H and O–H groups in total. The van der Waals surface area contributed by atoms with Crippen molar-refractivity contribution < 1.29 is 0 Å². The molecule has 1 fully saturated rings. The fraction of sp³-hybridized carbons (Fsp3) is 0.360. The fourth-order valence-corrected chi connectivity index (χ4v) is 4.05. The van der Waals surface area contributed by atoms with E-state index in [2.05, 4.69) is 65.0 Å². The molecule has 1 aromatic heterocycles. The van der Waals surface area contributed by atoms with Crippen molar-refractivity contribution in [2.24, 2.45) is 10.2 Å². The molecule has 6 nitrogen and oxygen atoms in total. The third kappa shape index (κ3) is 6.20. The van der Waals surface area contributed by atoms with Crippen LogP contribution in [0.15, 0.2) is 75.6 Å². The van der Waals surface area contributed by atoms with Crippen molar-refractivity contribution in [1.29, 1.82) is 0 Å². The highest BCUT2D eigenvalue weighted by atomic mass is 79.9. The molecule has 1 aliphatic rings. The van der Waals surface area contributed by atoms with Gasteiger partial charge in [0, 0.05) is 41.9 Å². The number of anilines is 1. The van der Waals surface area contributed by atoms with Gasteiger partial charge in [-0.2, -0.15) is 5.11 Å². The Morgan fingerprint density at radius 3 is 2.12 bits per heavy atom. The van der Waals surface area contributed by atoms with Crippen molar-refractivity contribution in [2.75, 3.05) is 37.6 Å². The number of benzene rings is 2. The van der Waals surface area contributed by atoms with Crippen LogP contribution < -0.4 is 4.90 Å². The van der Waals surface area contributed by atoms with Gasteiger partial charge < -0.3 is 4.90 Å². The van der Waals surface area contributed by atoms with Gasteiger partial charge in [0.05, 0.1) is 18.1 Å². The Morgan fingerprint density at radius 2 is 1.47 bits per heavy atom. The number of unbranched alkanes of at least 4 members (excludes halogenated alkanes) is 2. The highest BCUT2D eigenvalue weighted by Crippen LogP contribution is 2.24. The molecular formula is C25H29BrN6. The molecule has 0 radical (unpaired) electrons. The van der Waals surface area contributed by atoms with Crippen molar-refractivity contribution in [3.05, 3.63) is 65.4 Å². The number of hydrogen-bond acceptors (Lipinski definition) is 6. The summed E-state index contributed by atoms with van der Waals surface area (Å²) in [6, 6.07) is 16.2. The maximum absolute atomic E-state index is 4.40. The maximum atomic E-state index is 4.40. The van der Waals surface area contributed by atoms with Gasteiger partial charge in [0.2, 0.25) is 0 Å². The molecule has 0 aliphatic carbocycles. The van der Waals surface area contributed by atoms with Crippen LogP contribution in [0.5, 0.6) is 0 Å². The van der Waals surface area contributed by atoms with Crippen LogP contribution >= 0.6 is 15.9 Å². The summed E-state index contributed by atoms with van der Waals surface area (Å²) in [4.78, 5) is 13.8. The van der Waals surface area contributed by atoms with Crippen molar-refractivity contribution in [3.8, 4) is 11.4 Å². The number of aromatic nitrogens is 2. The minimum Gasteiger partial charge on any atom is -0.369 e. The lowest BCUT2D eigenvalue weighted by molar-refractivity contribution is 0.252. The van der Waals surface area contributed by atoms with E-state index in [0.717, 1.165) is 41.9 Å². The van der Waals surface area contributed by atoms with Gasteiger partial charge in [-0.15, -0.1) is 5.11 Å². The normalized spacial score (nSPS) is 14.9. The SMILES string of the molecule is CCCCCN1CCN(c2ccc(N=Nc3cnc(-c4ccc(Br)cc4)nc3)cc2)CC1. The summed E-state index contributed by atoms with van der Waals surface area (Å²) in [5.41, 5.74) is 3.67. The van der Waals surface area contributed by atoms with E-state index < -0.39 is 0 Å². The number of piperazine rings is 1. The van der Waals surface area contributed by atoms with E-state index in [9.17, 15) is 0 Å². The highest BCUT2D eigenvalue weighted by molar-refractivity contribution is 9.10. The molecule has 0 spiro atoms. The first-order valence-corrected chi connectivity index (χ1v) is 12.1. The molecule has 0 unspecified atom stereocenters. The van der Waals surface area contributed by atoms with E-state index in [1.165, 1.54) is 31.5 Å². The Morgan fingerprint density at radius 1 is 0.812 bits per heavy atom. The largest absolute Gasteiger partial charge is 0.369 e. The van der Waals surface area contributed by atoms with Crippen LogP contribution in [-0.4, -0.2) is 47.6 Å². The fourth-order valence-electron chi connectivity index (χ4n) is 3.78. The number of hydrogen-bond donors (Lipinski definition) is 0. The Labute approximate surface area is 198 Å². The minimum atomic E-state index is 0.633. The second-order valence-electron chi connectivity index (χ2n) is 8.02. The lowest BCUT2D eigenvalue weighted by Gasteiger charge is -2.36. The average molecular weight is 493 g/mol. The summed E-state index contributed by atoms with van der Waals surface area (Å²) in [5.74, 6) is 0.672. The van der Waals surface area contributed by atoms with Gasteiger partial charge in [-0.3, -0.25) is 4.90 Å². The predicted molar refractivity (Wildman–Crippen MR) is 134 cm³/mol. The first-order valence-electron chi connectivity index (χ1n) is 11.3. The Bertz CT molecular complexity index is 994. The maximum Gasteiger partial charge on any atom is 0.159 e. The Hall–Kier alpha value is -2.64. The number of rotatable bonds is 8. The molecule has 32 heavy (non-hydrogen) atoms. The molecule has 0 atom stereocenters. The van der Waals surface area contributed by atoms with E-state index in [4.69, 9.17) is 0 Å². The summed E-state index contributed by atoms with van der Waals surface area (Å²) < 4.78 is 1.03. The molecule has 1 aliphatic heterocycles. The first-order chi connectivity index (χ1) is 15.7. The standard InChI is InChI=1S/C25H29BrN6/c1-2-3-4-13-31-14-16-32(17-15-31)24-11-9-22(10-12-24)29-30-23-18-27-25(28-19-23)20-5-7-21(26)8-6-20/h5-12,18-19H,2-4,13-17H2,1H3. The van der Waals surface area contributed by atoms with E-state index in [0.29, 0.717) is 11.5 Å². The summed E-state index contributed by atoms with van der Waals surface area (Å²) in [5, 5.41) is 8.63. The second-order valence-corrected chi connectivity index (χ2v) is 8.94. The number of azo groups is 1. The van der Waals surface area contributed by atoms with Crippen LogP contribution in [0.1, 0.15) is 26.2 Å². The number of nitrogens with zero attached hydrogens (tertiary/aromatic N) is 6. The molecule has 4 rings (SSSR count). The van der Waals surface area contributed by atoms with Crippen molar-refractivity contribution in [1.82, 2.24) is 14.9 Å². The molecule has 3 aromatic rings.